The summed E-state index contributed by atoms with van der Waals surface area (Å²) in [6.07, 6.45) is 7.49. The zero-order chi connectivity index (χ0) is 17.0. The first-order valence-corrected chi connectivity index (χ1v) is 9.88. The van der Waals surface area contributed by atoms with Gasteiger partial charge in [-0.2, -0.15) is 0 Å². The van der Waals surface area contributed by atoms with Crippen LogP contribution in [0.4, 0.5) is 8.78 Å². The molecule has 0 aromatic heterocycles. The minimum Gasteiger partial charge on any atom is -0.452 e. The van der Waals surface area contributed by atoms with Crippen LogP contribution in [0.2, 0.25) is 0 Å². The molecule has 2 bridgehead atoms. The van der Waals surface area contributed by atoms with Crippen molar-refractivity contribution in [1.82, 2.24) is 4.90 Å². The molecule has 0 spiro atoms. The van der Waals surface area contributed by atoms with E-state index in [0.717, 1.165) is 37.4 Å². The van der Waals surface area contributed by atoms with E-state index in [1.165, 1.54) is 18.4 Å². The topological polar surface area (TPSA) is 36.0 Å². The van der Waals surface area contributed by atoms with Gasteiger partial charge in [0.2, 0.25) is 5.92 Å². The number of halogens is 2. The van der Waals surface area contributed by atoms with Crippen LogP contribution < -0.4 is 0 Å². The molecule has 4 atom stereocenters. The van der Waals surface area contributed by atoms with Crippen LogP contribution in [0.5, 0.6) is 0 Å². The number of piperidine rings is 1. The van der Waals surface area contributed by atoms with Crippen LogP contribution in [0, 0.1) is 17.3 Å². The first kappa shape index (κ1) is 15.2. The third-order valence-corrected chi connectivity index (χ3v) is 7.76. The molecule has 6 aliphatic rings. The molecule has 1 N–H and O–H groups in total. The second-order valence-corrected chi connectivity index (χ2v) is 9.32. The Morgan fingerprint density at radius 2 is 2.08 bits per heavy atom. The Bertz CT molecular complexity index is 712. The zero-order valence-corrected chi connectivity index (χ0v) is 14.4. The second kappa shape index (κ2) is 4.48. The van der Waals surface area contributed by atoms with Crippen molar-refractivity contribution in [2.24, 2.45) is 17.3 Å². The highest BCUT2D eigenvalue weighted by Gasteiger charge is 2.67. The summed E-state index contributed by atoms with van der Waals surface area (Å²) in [6, 6.07) is 0.394. The minimum atomic E-state index is -2.60. The van der Waals surface area contributed by atoms with Gasteiger partial charge in [-0.15, -0.1) is 0 Å². The van der Waals surface area contributed by atoms with E-state index in [0.29, 0.717) is 24.6 Å². The first-order valence-electron chi connectivity index (χ1n) is 9.88. The SMILES string of the molecule is OC12CC=C3C[C@@H]4[C@@H]5CCC(F)(F)C[C@]5(CCN4CC4CC4)C3=C1O2. The van der Waals surface area contributed by atoms with Crippen LogP contribution in [0.15, 0.2) is 23.0 Å². The maximum atomic E-state index is 14.5. The molecule has 0 aromatic carbocycles. The van der Waals surface area contributed by atoms with Gasteiger partial charge in [0, 0.05) is 42.8 Å². The molecule has 1 unspecified atom stereocenters. The third kappa shape index (κ3) is 2.03. The number of hydrogen-bond acceptors (Lipinski definition) is 3. The molecule has 0 amide bonds. The fourth-order valence-corrected chi connectivity index (χ4v) is 6.44. The van der Waals surface area contributed by atoms with Crippen molar-refractivity contribution in [3.63, 3.8) is 0 Å². The molecule has 2 heterocycles. The van der Waals surface area contributed by atoms with Gasteiger partial charge in [-0.1, -0.05) is 6.08 Å². The van der Waals surface area contributed by atoms with E-state index in [4.69, 9.17) is 4.74 Å². The van der Waals surface area contributed by atoms with Crippen molar-refractivity contribution >= 4 is 0 Å². The summed E-state index contributed by atoms with van der Waals surface area (Å²) in [6.45, 7) is 2.06. The van der Waals surface area contributed by atoms with Gasteiger partial charge in [-0.05, 0) is 56.1 Å². The summed E-state index contributed by atoms with van der Waals surface area (Å²) >= 11 is 0. The predicted molar refractivity (Wildman–Crippen MR) is 87.8 cm³/mol. The molecule has 25 heavy (non-hydrogen) atoms. The smallest absolute Gasteiger partial charge is 0.270 e. The monoisotopic (exact) mass is 349 g/mol. The number of ether oxygens (including phenoxy) is 1. The Balaban J connectivity index is 1.45. The van der Waals surface area contributed by atoms with Crippen LogP contribution in [0.25, 0.3) is 0 Å². The molecule has 0 aromatic rings. The number of rotatable bonds is 2. The number of hydrogen-bond donors (Lipinski definition) is 1. The summed E-state index contributed by atoms with van der Waals surface area (Å²) in [5.74, 6) is -2.04. The largest absolute Gasteiger partial charge is 0.452 e. The van der Waals surface area contributed by atoms with Gasteiger partial charge in [0.05, 0.1) is 0 Å². The molecule has 5 heteroatoms. The number of nitrogens with zero attached hydrogens (tertiary/aromatic N) is 1. The summed E-state index contributed by atoms with van der Waals surface area (Å²) in [7, 11) is 0. The van der Waals surface area contributed by atoms with Gasteiger partial charge in [-0.3, -0.25) is 4.90 Å². The minimum absolute atomic E-state index is 0.0139. The highest BCUT2D eigenvalue weighted by atomic mass is 19.3. The Morgan fingerprint density at radius 3 is 2.88 bits per heavy atom. The summed E-state index contributed by atoms with van der Waals surface area (Å²) in [4.78, 5) is 2.61. The van der Waals surface area contributed by atoms with Crippen LogP contribution in [-0.4, -0.2) is 40.8 Å². The lowest BCUT2D eigenvalue weighted by atomic mass is 9.49. The number of allylic oxidation sites excluding steroid dienone is 1. The average Bonchev–Trinajstić information content (AvgIpc) is 3.44. The van der Waals surface area contributed by atoms with Crippen molar-refractivity contribution in [2.75, 3.05) is 13.1 Å². The van der Waals surface area contributed by atoms with E-state index in [9.17, 15) is 13.9 Å². The number of aliphatic hydroxyl groups is 1. The number of fused-ring (bicyclic) bond motifs is 2. The van der Waals surface area contributed by atoms with Gasteiger partial charge >= 0.3 is 0 Å². The fraction of sp³-hybridized carbons (Fsp3) is 0.800. The van der Waals surface area contributed by atoms with E-state index >= 15 is 0 Å². The molecule has 3 saturated carbocycles. The Morgan fingerprint density at radius 1 is 1.24 bits per heavy atom. The molecule has 136 valence electrons. The van der Waals surface area contributed by atoms with Crippen LogP contribution in [-0.2, 0) is 4.74 Å². The third-order valence-electron chi connectivity index (χ3n) is 7.76. The highest BCUT2D eigenvalue weighted by Crippen LogP contribution is 2.67. The van der Waals surface area contributed by atoms with Crippen LogP contribution >= 0.6 is 0 Å². The van der Waals surface area contributed by atoms with Gasteiger partial charge in [0.25, 0.3) is 5.79 Å². The van der Waals surface area contributed by atoms with Gasteiger partial charge < -0.3 is 9.84 Å². The Labute approximate surface area is 146 Å². The van der Waals surface area contributed by atoms with Crippen molar-refractivity contribution in [3.05, 3.63) is 23.0 Å². The quantitative estimate of drug-likeness (QED) is 0.774. The molecule has 0 radical (unpaired) electrons. The van der Waals surface area contributed by atoms with Gasteiger partial charge in [0.15, 0.2) is 5.76 Å². The van der Waals surface area contributed by atoms with Gasteiger partial charge in [-0.25, -0.2) is 8.78 Å². The lowest BCUT2D eigenvalue weighted by Gasteiger charge is -2.61. The van der Waals surface area contributed by atoms with Crippen molar-refractivity contribution in [1.29, 1.82) is 0 Å². The maximum Gasteiger partial charge on any atom is 0.270 e. The first-order chi connectivity index (χ1) is 11.9. The van der Waals surface area contributed by atoms with Crippen molar-refractivity contribution in [3.8, 4) is 0 Å². The van der Waals surface area contributed by atoms with Crippen LogP contribution in [0.3, 0.4) is 0 Å². The number of likely N-dealkylation sites (tertiary alicyclic amines) is 1. The highest BCUT2D eigenvalue weighted by molar-refractivity contribution is 5.53. The average molecular weight is 349 g/mol. The standard InChI is InChI=1S/C20H25F2NO2/c21-19(22)5-4-14-15-9-13-3-6-20(24)17(25-20)16(13)18(14,11-19)7-8-23(15)10-12-1-2-12/h3,12,14-15,24H,1-2,4-11H2/t14-,15+,18-,20?/m0/s1. The summed E-state index contributed by atoms with van der Waals surface area (Å²) in [5, 5.41) is 10.5. The van der Waals surface area contributed by atoms with Crippen molar-refractivity contribution in [2.45, 2.75) is 69.1 Å². The predicted octanol–water partition coefficient (Wildman–Crippen LogP) is 3.60. The van der Waals surface area contributed by atoms with Crippen LogP contribution in [0.1, 0.15) is 51.4 Å². The normalized spacial score (nSPS) is 47.2. The molecule has 4 aliphatic carbocycles. The summed E-state index contributed by atoms with van der Waals surface area (Å²) in [5.41, 5.74) is 1.68. The molecular formula is C20H25F2NO2. The molecule has 5 fully saturated rings. The van der Waals surface area contributed by atoms with E-state index in [1.807, 2.05) is 0 Å². The lowest BCUT2D eigenvalue weighted by Crippen LogP contribution is -2.61. The Hall–Kier alpha value is -0.940. The van der Waals surface area contributed by atoms with Gasteiger partial charge in [0.1, 0.15) is 0 Å². The number of epoxide rings is 1. The van der Waals surface area contributed by atoms with E-state index < -0.39 is 17.1 Å². The fourth-order valence-electron chi connectivity index (χ4n) is 6.44. The van der Waals surface area contributed by atoms with E-state index in [1.54, 1.807) is 0 Å². The van der Waals surface area contributed by atoms with E-state index in [2.05, 4.69) is 11.0 Å². The molecule has 2 aliphatic heterocycles. The lowest BCUT2D eigenvalue weighted by molar-refractivity contribution is -0.138. The summed E-state index contributed by atoms with van der Waals surface area (Å²) < 4.78 is 34.6. The zero-order valence-electron chi connectivity index (χ0n) is 14.4. The molecule has 6 rings (SSSR count). The molecule has 3 nitrogen and oxygen atoms in total. The second-order valence-electron chi connectivity index (χ2n) is 9.32. The van der Waals surface area contributed by atoms with Crippen molar-refractivity contribution < 1.29 is 18.6 Å². The van der Waals surface area contributed by atoms with E-state index in [-0.39, 0.29) is 18.8 Å². The molecule has 2 saturated heterocycles. The maximum absolute atomic E-state index is 14.5. The number of alkyl halides is 2. The Kier molecular flexibility index (Phi) is 2.71. The molecular weight excluding hydrogens is 324 g/mol.